The van der Waals surface area contributed by atoms with Gasteiger partial charge in [-0.2, -0.15) is 5.10 Å². The lowest BCUT2D eigenvalue weighted by atomic mass is 10.1. The van der Waals surface area contributed by atoms with Gasteiger partial charge in [-0.15, -0.1) is 0 Å². The minimum absolute atomic E-state index is 0.134. The van der Waals surface area contributed by atoms with Crippen LogP contribution in [0.5, 0.6) is 0 Å². The highest BCUT2D eigenvalue weighted by atomic mass is 19.1. The molecular formula is C23H23F2N3O3. The number of halogens is 2. The first-order valence-electron chi connectivity index (χ1n) is 9.75. The number of rotatable bonds is 7. The lowest BCUT2D eigenvalue weighted by molar-refractivity contribution is -0.124. The maximum atomic E-state index is 13.8. The van der Waals surface area contributed by atoms with E-state index in [1.807, 2.05) is 30.3 Å². The largest absolute Gasteiger partial charge is 0.452 e. The molecule has 8 heteroatoms. The second-order valence-electron chi connectivity index (χ2n) is 7.22. The first-order valence-corrected chi connectivity index (χ1v) is 9.75. The van der Waals surface area contributed by atoms with Crippen LogP contribution in [-0.4, -0.2) is 28.3 Å². The van der Waals surface area contributed by atoms with Gasteiger partial charge in [-0.05, 0) is 32.4 Å². The summed E-state index contributed by atoms with van der Waals surface area (Å²) in [6.07, 6.45) is 0. The van der Waals surface area contributed by atoms with Gasteiger partial charge in [0.05, 0.1) is 24.0 Å². The molecule has 0 aliphatic carbocycles. The average molecular weight is 427 g/mol. The molecule has 31 heavy (non-hydrogen) atoms. The highest BCUT2D eigenvalue weighted by molar-refractivity contribution is 5.93. The highest BCUT2D eigenvalue weighted by Crippen LogP contribution is 2.18. The van der Waals surface area contributed by atoms with E-state index in [0.717, 1.165) is 17.7 Å². The summed E-state index contributed by atoms with van der Waals surface area (Å²) < 4.78 is 33.7. The van der Waals surface area contributed by atoms with Crippen molar-refractivity contribution in [1.82, 2.24) is 15.1 Å². The van der Waals surface area contributed by atoms with E-state index in [4.69, 9.17) is 4.74 Å². The van der Waals surface area contributed by atoms with Crippen LogP contribution in [0.15, 0.2) is 48.5 Å². The van der Waals surface area contributed by atoms with Gasteiger partial charge in [0.25, 0.3) is 5.91 Å². The molecule has 0 aliphatic heterocycles. The Hall–Kier alpha value is -3.55. The van der Waals surface area contributed by atoms with Crippen LogP contribution in [-0.2, 0) is 16.1 Å². The SMILES string of the molecule is Cc1nn(Cc2ccccc2)c(C)c1C(=O)OCC(=O)NC(C)c1ccc(F)cc1F. The zero-order valence-electron chi connectivity index (χ0n) is 17.5. The number of ether oxygens (including phenoxy) is 1. The van der Waals surface area contributed by atoms with Gasteiger partial charge in [0.2, 0.25) is 0 Å². The zero-order valence-corrected chi connectivity index (χ0v) is 17.5. The fourth-order valence-electron chi connectivity index (χ4n) is 3.32. The average Bonchev–Trinajstić information content (AvgIpc) is 2.99. The number of aromatic nitrogens is 2. The van der Waals surface area contributed by atoms with E-state index < -0.39 is 36.2 Å². The Labute approximate surface area is 178 Å². The lowest BCUT2D eigenvalue weighted by Crippen LogP contribution is -2.31. The van der Waals surface area contributed by atoms with Crippen molar-refractivity contribution in [2.24, 2.45) is 0 Å². The molecule has 1 amide bonds. The predicted molar refractivity (Wildman–Crippen MR) is 110 cm³/mol. The number of benzene rings is 2. The second kappa shape index (κ2) is 9.51. The molecule has 0 fully saturated rings. The fourth-order valence-corrected chi connectivity index (χ4v) is 3.32. The Morgan fingerprint density at radius 2 is 1.84 bits per heavy atom. The third kappa shape index (κ3) is 5.33. The van der Waals surface area contributed by atoms with Crippen LogP contribution >= 0.6 is 0 Å². The van der Waals surface area contributed by atoms with Gasteiger partial charge in [0, 0.05) is 11.6 Å². The van der Waals surface area contributed by atoms with E-state index in [2.05, 4.69) is 10.4 Å². The minimum atomic E-state index is -0.762. The Bertz CT molecular complexity index is 1100. The molecule has 6 nitrogen and oxygen atoms in total. The number of hydrogen-bond acceptors (Lipinski definition) is 4. The van der Waals surface area contributed by atoms with Gasteiger partial charge < -0.3 is 10.1 Å². The van der Waals surface area contributed by atoms with Crippen LogP contribution in [0.3, 0.4) is 0 Å². The van der Waals surface area contributed by atoms with Crippen LogP contribution in [0.2, 0.25) is 0 Å². The summed E-state index contributed by atoms with van der Waals surface area (Å²) in [5, 5.41) is 6.93. The zero-order chi connectivity index (χ0) is 22.5. The van der Waals surface area contributed by atoms with Gasteiger partial charge in [-0.1, -0.05) is 36.4 Å². The topological polar surface area (TPSA) is 73.2 Å². The van der Waals surface area contributed by atoms with Gasteiger partial charge in [-0.25, -0.2) is 13.6 Å². The number of amides is 1. The van der Waals surface area contributed by atoms with Crippen molar-refractivity contribution in [3.63, 3.8) is 0 Å². The maximum absolute atomic E-state index is 13.8. The van der Waals surface area contributed by atoms with Gasteiger partial charge in [0.1, 0.15) is 17.2 Å². The molecule has 1 heterocycles. The molecule has 3 aromatic rings. The first-order chi connectivity index (χ1) is 14.8. The van der Waals surface area contributed by atoms with Crippen LogP contribution in [0, 0.1) is 25.5 Å². The van der Waals surface area contributed by atoms with Gasteiger partial charge in [0.15, 0.2) is 6.61 Å². The van der Waals surface area contributed by atoms with Crippen molar-refractivity contribution < 1.29 is 23.1 Å². The summed E-state index contributed by atoms with van der Waals surface area (Å²) in [7, 11) is 0. The molecule has 1 aromatic heterocycles. The van der Waals surface area contributed by atoms with Crippen molar-refractivity contribution in [3.05, 3.63) is 88.2 Å². The molecule has 0 radical (unpaired) electrons. The van der Waals surface area contributed by atoms with Crippen LogP contribution < -0.4 is 5.32 Å². The monoisotopic (exact) mass is 427 g/mol. The van der Waals surface area contributed by atoms with Gasteiger partial charge in [-0.3, -0.25) is 9.48 Å². The molecule has 0 saturated heterocycles. The molecule has 0 spiro atoms. The minimum Gasteiger partial charge on any atom is -0.452 e. The quantitative estimate of drug-likeness (QED) is 0.581. The number of carbonyl (C=O) groups is 2. The number of aryl methyl sites for hydroxylation is 1. The molecule has 1 unspecified atom stereocenters. The summed E-state index contributed by atoms with van der Waals surface area (Å²) >= 11 is 0. The van der Waals surface area contributed by atoms with Crippen molar-refractivity contribution in [2.45, 2.75) is 33.4 Å². The van der Waals surface area contributed by atoms with E-state index in [-0.39, 0.29) is 5.56 Å². The molecular weight excluding hydrogens is 404 g/mol. The smallest absolute Gasteiger partial charge is 0.342 e. The molecule has 0 saturated carbocycles. The fraction of sp³-hybridized carbons (Fsp3) is 0.261. The van der Waals surface area contributed by atoms with E-state index in [9.17, 15) is 18.4 Å². The first kappa shape index (κ1) is 22.1. The van der Waals surface area contributed by atoms with Crippen molar-refractivity contribution in [1.29, 1.82) is 0 Å². The lowest BCUT2D eigenvalue weighted by Gasteiger charge is -2.15. The maximum Gasteiger partial charge on any atom is 0.342 e. The molecule has 162 valence electrons. The van der Waals surface area contributed by atoms with E-state index in [1.165, 1.54) is 6.07 Å². The molecule has 0 aliphatic rings. The molecule has 1 N–H and O–H groups in total. The predicted octanol–water partition coefficient (Wildman–Crippen LogP) is 3.86. The standard InChI is InChI=1S/C23H23F2N3O3/c1-14(19-10-9-18(24)11-20(19)25)26-21(29)13-31-23(30)22-15(2)27-28(16(22)3)12-17-7-5-4-6-8-17/h4-11,14H,12-13H2,1-3H3,(H,26,29). The summed E-state index contributed by atoms with van der Waals surface area (Å²) in [5.41, 5.74) is 2.61. The van der Waals surface area contributed by atoms with Crippen LogP contribution in [0.25, 0.3) is 0 Å². The Kier molecular flexibility index (Phi) is 6.79. The van der Waals surface area contributed by atoms with Gasteiger partial charge >= 0.3 is 5.97 Å². The number of esters is 1. The summed E-state index contributed by atoms with van der Waals surface area (Å²) in [6, 6.07) is 12.1. The molecule has 1 atom stereocenters. The Morgan fingerprint density at radius 3 is 2.52 bits per heavy atom. The number of carbonyl (C=O) groups excluding carboxylic acids is 2. The Balaban J connectivity index is 1.60. The second-order valence-corrected chi connectivity index (χ2v) is 7.22. The van der Waals surface area contributed by atoms with Crippen molar-refractivity contribution in [2.75, 3.05) is 6.61 Å². The normalized spacial score (nSPS) is 11.8. The van der Waals surface area contributed by atoms with Crippen LogP contribution in [0.4, 0.5) is 8.78 Å². The molecule has 0 bridgehead atoms. The third-order valence-electron chi connectivity index (χ3n) is 4.90. The molecule has 2 aromatic carbocycles. The van der Waals surface area contributed by atoms with E-state index in [0.29, 0.717) is 23.5 Å². The Morgan fingerprint density at radius 1 is 1.13 bits per heavy atom. The van der Waals surface area contributed by atoms with E-state index >= 15 is 0 Å². The summed E-state index contributed by atoms with van der Waals surface area (Å²) in [5.74, 6) is -2.73. The number of hydrogen-bond donors (Lipinski definition) is 1. The molecule has 3 rings (SSSR count). The third-order valence-corrected chi connectivity index (χ3v) is 4.90. The van der Waals surface area contributed by atoms with E-state index in [1.54, 1.807) is 25.5 Å². The number of nitrogens with one attached hydrogen (secondary N) is 1. The van der Waals surface area contributed by atoms with Crippen molar-refractivity contribution in [3.8, 4) is 0 Å². The number of nitrogens with zero attached hydrogens (tertiary/aromatic N) is 2. The summed E-state index contributed by atoms with van der Waals surface area (Å²) in [4.78, 5) is 24.7. The van der Waals surface area contributed by atoms with Crippen LogP contribution in [0.1, 0.15) is 45.8 Å². The van der Waals surface area contributed by atoms with Crippen molar-refractivity contribution >= 4 is 11.9 Å². The highest BCUT2D eigenvalue weighted by Gasteiger charge is 2.22. The summed E-state index contributed by atoms with van der Waals surface area (Å²) in [6.45, 7) is 4.98.